The number of hydrogen-bond donors (Lipinski definition) is 1. The summed E-state index contributed by atoms with van der Waals surface area (Å²) in [6, 6.07) is 0. The van der Waals surface area contributed by atoms with Crippen molar-refractivity contribution in [2.24, 2.45) is 0 Å². The lowest BCUT2D eigenvalue weighted by atomic mass is 9.80. The maximum atomic E-state index is 11.4. The summed E-state index contributed by atoms with van der Waals surface area (Å²) in [6.07, 6.45) is 5.30. The molecule has 0 bridgehead atoms. The highest BCUT2D eigenvalue weighted by Crippen LogP contribution is 2.30. The first-order valence-corrected chi connectivity index (χ1v) is 5.77. The molecule has 2 saturated heterocycles. The average Bonchev–Trinajstić information content (AvgIpc) is 2.19. The second kappa shape index (κ2) is 3.89. The highest BCUT2D eigenvalue weighted by atomic mass is 16.1. The van der Waals surface area contributed by atoms with Gasteiger partial charge >= 0.3 is 0 Å². The van der Waals surface area contributed by atoms with Gasteiger partial charge in [-0.15, -0.1) is 0 Å². The van der Waals surface area contributed by atoms with Crippen molar-refractivity contribution < 1.29 is 4.79 Å². The van der Waals surface area contributed by atoms with Gasteiger partial charge in [-0.2, -0.15) is 0 Å². The molecular weight excluding hydrogens is 176 g/mol. The molecule has 3 heteroatoms. The van der Waals surface area contributed by atoms with E-state index in [2.05, 4.69) is 17.1 Å². The summed E-state index contributed by atoms with van der Waals surface area (Å²) >= 11 is 0. The molecule has 2 heterocycles. The molecule has 0 aromatic heterocycles. The molecule has 2 rings (SSSR count). The van der Waals surface area contributed by atoms with Crippen molar-refractivity contribution in [2.75, 3.05) is 19.6 Å². The summed E-state index contributed by atoms with van der Waals surface area (Å²) in [6.45, 7) is 5.65. The Morgan fingerprint density at radius 2 is 2.07 bits per heavy atom. The van der Waals surface area contributed by atoms with Gasteiger partial charge in [-0.3, -0.25) is 4.79 Å². The molecular formula is C11H20N2O. The summed E-state index contributed by atoms with van der Waals surface area (Å²) in [5.41, 5.74) is 0.168. The van der Waals surface area contributed by atoms with E-state index in [1.807, 2.05) is 0 Å². The summed E-state index contributed by atoms with van der Waals surface area (Å²) in [7, 11) is 0. The summed E-state index contributed by atoms with van der Waals surface area (Å²) in [4.78, 5) is 13.8. The van der Waals surface area contributed by atoms with Crippen LogP contribution in [0.1, 0.15) is 39.0 Å². The van der Waals surface area contributed by atoms with Crippen LogP contribution in [0.5, 0.6) is 0 Å². The lowest BCUT2D eigenvalue weighted by Gasteiger charge is -2.44. The quantitative estimate of drug-likeness (QED) is 0.682. The molecule has 0 aliphatic carbocycles. The number of piperidine rings is 2. The zero-order chi connectivity index (χ0) is 10.0. The molecule has 0 aromatic carbocycles. The van der Waals surface area contributed by atoms with Gasteiger partial charge in [-0.25, -0.2) is 0 Å². The average molecular weight is 196 g/mol. The van der Waals surface area contributed by atoms with E-state index in [9.17, 15) is 4.79 Å². The molecule has 1 N–H and O–H groups in total. The number of carbonyl (C=O) groups excluding carboxylic acids is 1. The number of amides is 1. The van der Waals surface area contributed by atoms with E-state index >= 15 is 0 Å². The highest BCUT2D eigenvalue weighted by Gasteiger charge is 2.37. The van der Waals surface area contributed by atoms with Gasteiger partial charge < -0.3 is 10.2 Å². The lowest BCUT2D eigenvalue weighted by molar-refractivity contribution is -0.126. The molecule has 0 radical (unpaired) electrons. The minimum atomic E-state index is 0.168. The Kier molecular flexibility index (Phi) is 2.77. The van der Waals surface area contributed by atoms with Crippen molar-refractivity contribution in [3.8, 4) is 0 Å². The van der Waals surface area contributed by atoms with E-state index in [-0.39, 0.29) is 11.4 Å². The van der Waals surface area contributed by atoms with Crippen LogP contribution in [0.3, 0.4) is 0 Å². The van der Waals surface area contributed by atoms with Crippen LogP contribution in [-0.2, 0) is 4.79 Å². The van der Waals surface area contributed by atoms with Gasteiger partial charge in [0.15, 0.2) is 0 Å². The van der Waals surface area contributed by atoms with E-state index in [0.29, 0.717) is 0 Å². The lowest BCUT2D eigenvalue weighted by Crippen LogP contribution is -2.57. The predicted octanol–water partition coefficient (Wildman–Crippen LogP) is 1.14. The van der Waals surface area contributed by atoms with Gasteiger partial charge in [-0.05, 0) is 32.2 Å². The first kappa shape index (κ1) is 9.97. The Balaban J connectivity index is 1.94. The van der Waals surface area contributed by atoms with E-state index in [1.54, 1.807) is 0 Å². The van der Waals surface area contributed by atoms with E-state index in [1.165, 1.54) is 6.42 Å². The van der Waals surface area contributed by atoms with Gasteiger partial charge in [0.25, 0.3) is 0 Å². The van der Waals surface area contributed by atoms with Crippen molar-refractivity contribution in [1.82, 2.24) is 10.2 Å². The van der Waals surface area contributed by atoms with E-state index in [0.717, 1.165) is 45.3 Å². The SMILES string of the molecule is CCN1CCC2(CCCC(=O)N2)CC1. The van der Waals surface area contributed by atoms with E-state index in [4.69, 9.17) is 0 Å². The Hall–Kier alpha value is -0.570. The summed E-state index contributed by atoms with van der Waals surface area (Å²) < 4.78 is 0. The Labute approximate surface area is 85.8 Å². The van der Waals surface area contributed by atoms with Crippen LogP contribution >= 0.6 is 0 Å². The smallest absolute Gasteiger partial charge is 0.220 e. The van der Waals surface area contributed by atoms with Crippen LogP contribution in [0.15, 0.2) is 0 Å². The maximum Gasteiger partial charge on any atom is 0.220 e. The van der Waals surface area contributed by atoms with Crippen molar-refractivity contribution in [2.45, 2.75) is 44.6 Å². The molecule has 1 spiro atoms. The zero-order valence-electron chi connectivity index (χ0n) is 9.01. The molecule has 0 atom stereocenters. The van der Waals surface area contributed by atoms with Crippen LogP contribution in [0.4, 0.5) is 0 Å². The molecule has 14 heavy (non-hydrogen) atoms. The second-order valence-corrected chi connectivity index (χ2v) is 4.62. The predicted molar refractivity (Wildman–Crippen MR) is 56.1 cm³/mol. The second-order valence-electron chi connectivity index (χ2n) is 4.62. The molecule has 2 aliphatic heterocycles. The maximum absolute atomic E-state index is 11.4. The topological polar surface area (TPSA) is 32.3 Å². The van der Waals surface area contributed by atoms with Crippen LogP contribution in [0, 0.1) is 0 Å². The number of hydrogen-bond acceptors (Lipinski definition) is 2. The Morgan fingerprint density at radius 3 is 2.64 bits per heavy atom. The van der Waals surface area contributed by atoms with Crippen LogP contribution in [0.25, 0.3) is 0 Å². The van der Waals surface area contributed by atoms with Gasteiger partial charge in [0, 0.05) is 25.0 Å². The van der Waals surface area contributed by atoms with Crippen LogP contribution in [-0.4, -0.2) is 36.0 Å². The number of carbonyl (C=O) groups is 1. The third-order valence-electron chi connectivity index (χ3n) is 3.72. The first-order valence-electron chi connectivity index (χ1n) is 5.77. The zero-order valence-corrected chi connectivity index (χ0v) is 9.01. The molecule has 0 saturated carbocycles. The van der Waals surface area contributed by atoms with Crippen LogP contribution < -0.4 is 5.32 Å². The van der Waals surface area contributed by atoms with Gasteiger partial charge in [0.2, 0.25) is 5.91 Å². The molecule has 2 fully saturated rings. The molecule has 0 unspecified atom stereocenters. The highest BCUT2D eigenvalue weighted by molar-refractivity contribution is 5.77. The molecule has 2 aliphatic rings. The molecule has 80 valence electrons. The van der Waals surface area contributed by atoms with Crippen molar-refractivity contribution in [1.29, 1.82) is 0 Å². The third kappa shape index (κ3) is 1.92. The van der Waals surface area contributed by atoms with E-state index < -0.39 is 0 Å². The number of likely N-dealkylation sites (tertiary alicyclic amines) is 1. The minimum absolute atomic E-state index is 0.168. The monoisotopic (exact) mass is 196 g/mol. The van der Waals surface area contributed by atoms with Crippen LogP contribution in [0.2, 0.25) is 0 Å². The fraction of sp³-hybridized carbons (Fsp3) is 0.909. The van der Waals surface area contributed by atoms with Gasteiger partial charge in [0.05, 0.1) is 0 Å². The largest absolute Gasteiger partial charge is 0.351 e. The Morgan fingerprint density at radius 1 is 1.36 bits per heavy atom. The number of nitrogens with zero attached hydrogens (tertiary/aromatic N) is 1. The third-order valence-corrected chi connectivity index (χ3v) is 3.72. The molecule has 0 aromatic rings. The van der Waals surface area contributed by atoms with Gasteiger partial charge in [0.1, 0.15) is 0 Å². The normalized spacial score (nSPS) is 27.6. The van der Waals surface area contributed by atoms with Crippen molar-refractivity contribution in [3.05, 3.63) is 0 Å². The summed E-state index contributed by atoms with van der Waals surface area (Å²) in [5.74, 6) is 0.265. The summed E-state index contributed by atoms with van der Waals surface area (Å²) in [5, 5.41) is 3.21. The van der Waals surface area contributed by atoms with Gasteiger partial charge in [-0.1, -0.05) is 6.92 Å². The fourth-order valence-corrected chi connectivity index (χ4v) is 2.68. The number of rotatable bonds is 1. The number of nitrogens with one attached hydrogen (secondary N) is 1. The van der Waals surface area contributed by atoms with Crippen molar-refractivity contribution >= 4 is 5.91 Å². The van der Waals surface area contributed by atoms with Crippen molar-refractivity contribution in [3.63, 3.8) is 0 Å². The minimum Gasteiger partial charge on any atom is -0.351 e. The fourth-order valence-electron chi connectivity index (χ4n) is 2.68. The molecule has 1 amide bonds. The first-order chi connectivity index (χ1) is 6.74. The molecule has 3 nitrogen and oxygen atoms in total. The standard InChI is InChI=1S/C11H20N2O/c1-2-13-8-6-11(7-9-13)5-3-4-10(14)12-11/h2-9H2,1H3,(H,12,14). The Bertz CT molecular complexity index is 219.